The third kappa shape index (κ3) is 1.52. The van der Waals surface area contributed by atoms with Crippen LogP contribution in [0.4, 0.5) is 0 Å². The standard InChI is InChI=1S/C12H11N3O/c1-15-8-14-10(7-13)12(15)9-5-3-4-6-11(9)16-2/h3-6,8H,1-2H3. The molecule has 2 aromatic rings. The summed E-state index contributed by atoms with van der Waals surface area (Å²) in [5, 5.41) is 8.99. The topological polar surface area (TPSA) is 50.8 Å². The van der Waals surface area contributed by atoms with Crippen LogP contribution >= 0.6 is 0 Å². The van der Waals surface area contributed by atoms with Gasteiger partial charge in [0.05, 0.1) is 19.1 Å². The number of methoxy groups -OCH3 is 1. The van der Waals surface area contributed by atoms with Gasteiger partial charge in [0.15, 0.2) is 5.69 Å². The van der Waals surface area contributed by atoms with Gasteiger partial charge in [-0.05, 0) is 12.1 Å². The highest BCUT2D eigenvalue weighted by atomic mass is 16.5. The lowest BCUT2D eigenvalue weighted by molar-refractivity contribution is 0.416. The molecule has 0 fully saturated rings. The second-order valence-electron chi connectivity index (χ2n) is 3.36. The highest BCUT2D eigenvalue weighted by molar-refractivity contribution is 5.71. The molecule has 4 heteroatoms. The lowest BCUT2D eigenvalue weighted by atomic mass is 10.1. The first-order chi connectivity index (χ1) is 7.77. The minimum atomic E-state index is 0.409. The smallest absolute Gasteiger partial charge is 0.166 e. The van der Waals surface area contributed by atoms with E-state index in [0.717, 1.165) is 17.0 Å². The number of rotatable bonds is 2. The monoisotopic (exact) mass is 213 g/mol. The average Bonchev–Trinajstić information content (AvgIpc) is 2.70. The fourth-order valence-electron chi connectivity index (χ4n) is 1.67. The summed E-state index contributed by atoms with van der Waals surface area (Å²) in [6.07, 6.45) is 1.63. The van der Waals surface area contributed by atoms with Crippen LogP contribution in [-0.2, 0) is 7.05 Å². The normalized spacial score (nSPS) is 9.81. The van der Waals surface area contributed by atoms with Gasteiger partial charge in [0, 0.05) is 12.6 Å². The molecule has 0 saturated heterocycles. The predicted molar refractivity (Wildman–Crippen MR) is 59.9 cm³/mol. The van der Waals surface area contributed by atoms with Crippen LogP contribution in [0.2, 0.25) is 0 Å². The SMILES string of the molecule is COc1ccccc1-c1c(C#N)ncn1C. The molecule has 0 spiro atoms. The Hall–Kier alpha value is -2.28. The van der Waals surface area contributed by atoms with Crippen molar-refractivity contribution >= 4 is 0 Å². The quantitative estimate of drug-likeness (QED) is 0.766. The van der Waals surface area contributed by atoms with Crippen molar-refractivity contribution in [2.45, 2.75) is 0 Å². The summed E-state index contributed by atoms with van der Waals surface area (Å²) in [4.78, 5) is 4.03. The molecule has 1 heterocycles. The van der Waals surface area contributed by atoms with Crippen LogP contribution in [0.1, 0.15) is 5.69 Å². The largest absolute Gasteiger partial charge is 0.496 e. The van der Waals surface area contributed by atoms with E-state index in [1.807, 2.05) is 35.9 Å². The van der Waals surface area contributed by atoms with Crippen LogP contribution in [0.25, 0.3) is 11.3 Å². The third-order valence-corrected chi connectivity index (χ3v) is 2.41. The number of hydrogen-bond acceptors (Lipinski definition) is 3. The zero-order valence-corrected chi connectivity index (χ0v) is 9.14. The molecule has 2 rings (SSSR count). The zero-order chi connectivity index (χ0) is 11.5. The first-order valence-electron chi connectivity index (χ1n) is 4.82. The average molecular weight is 213 g/mol. The fraction of sp³-hybridized carbons (Fsp3) is 0.167. The van der Waals surface area contributed by atoms with Crippen LogP contribution in [-0.4, -0.2) is 16.7 Å². The van der Waals surface area contributed by atoms with Crippen LogP contribution in [0, 0.1) is 11.3 Å². The number of aryl methyl sites for hydroxylation is 1. The van der Waals surface area contributed by atoms with E-state index >= 15 is 0 Å². The summed E-state index contributed by atoms with van der Waals surface area (Å²) in [5.74, 6) is 0.739. The van der Waals surface area contributed by atoms with E-state index in [2.05, 4.69) is 11.1 Å². The van der Waals surface area contributed by atoms with Crippen molar-refractivity contribution in [1.29, 1.82) is 5.26 Å². The molecule has 0 bridgehead atoms. The summed E-state index contributed by atoms with van der Waals surface area (Å²) in [6, 6.07) is 9.66. The van der Waals surface area contributed by atoms with E-state index in [9.17, 15) is 0 Å². The van der Waals surface area contributed by atoms with Gasteiger partial charge >= 0.3 is 0 Å². The minimum absolute atomic E-state index is 0.409. The Morgan fingerprint density at radius 1 is 1.38 bits per heavy atom. The molecule has 0 N–H and O–H groups in total. The molecule has 1 aromatic heterocycles. The Balaban J connectivity index is 2.67. The maximum Gasteiger partial charge on any atom is 0.166 e. The Morgan fingerprint density at radius 2 is 2.12 bits per heavy atom. The molecule has 80 valence electrons. The van der Waals surface area contributed by atoms with E-state index < -0.39 is 0 Å². The molecular weight excluding hydrogens is 202 g/mol. The lowest BCUT2D eigenvalue weighted by Gasteiger charge is -2.08. The summed E-state index contributed by atoms with van der Waals surface area (Å²) in [5.41, 5.74) is 2.06. The van der Waals surface area contributed by atoms with Crippen molar-refractivity contribution in [3.05, 3.63) is 36.3 Å². The predicted octanol–water partition coefficient (Wildman–Crippen LogP) is 1.97. The van der Waals surface area contributed by atoms with Gasteiger partial charge in [0.2, 0.25) is 0 Å². The third-order valence-electron chi connectivity index (χ3n) is 2.41. The molecule has 0 radical (unpaired) electrons. The Kier molecular flexibility index (Phi) is 2.61. The summed E-state index contributed by atoms with van der Waals surface area (Å²) < 4.78 is 7.09. The number of nitrogens with zero attached hydrogens (tertiary/aromatic N) is 3. The van der Waals surface area contributed by atoms with Crippen LogP contribution in [0.5, 0.6) is 5.75 Å². The second-order valence-corrected chi connectivity index (χ2v) is 3.36. The Labute approximate surface area is 93.7 Å². The maximum absolute atomic E-state index is 8.99. The maximum atomic E-state index is 8.99. The number of benzene rings is 1. The summed E-state index contributed by atoms with van der Waals surface area (Å²) in [6.45, 7) is 0. The number of nitriles is 1. The highest BCUT2D eigenvalue weighted by Crippen LogP contribution is 2.30. The second kappa shape index (κ2) is 4.07. The van der Waals surface area contributed by atoms with Crippen molar-refractivity contribution in [2.75, 3.05) is 7.11 Å². The number of imidazole rings is 1. The number of aromatic nitrogens is 2. The Bertz CT molecular complexity index is 552. The number of para-hydroxylation sites is 1. The fourth-order valence-corrected chi connectivity index (χ4v) is 1.67. The van der Waals surface area contributed by atoms with Crippen molar-refractivity contribution in [3.8, 4) is 23.1 Å². The molecule has 0 atom stereocenters. The van der Waals surface area contributed by atoms with Crippen molar-refractivity contribution < 1.29 is 4.74 Å². The molecule has 0 saturated carbocycles. The molecular formula is C12H11N3O. The molecule has 16 heavy (non-hydrogen) atoms. The lowest BCUT2D eigenvalue weighted by Crippen LogP contribution is -1.94. The van der Waals surface area contributed by atoms with E-state index in [1.54, 1.807) is 13.4 Å². The molecule has 0 aliphatic rings. The van der Waals surface area contributed by atoms with Crippen molar-refractivity contribution in [1.82, 2.24) is 9.55 Å². The van der Waals surface area contributed by atoms with E-state index in [1.165, 1.54) is 0 Å². The first-order valence-corrected chi connectivity index (χ1v) is 4.82. The van der Waals surface area contributed by atoms with Crippen molar-refractivity contribution in [2.24, 2.45) is 7.05 Å². The molecule has 0 aliphatic heterocycles. The first kappa shape index (κ1) is 10.2. The molecule has 0 aliphatic carbocycles. The molecule has 4 nitrogen and oxygen atoms in total. The van der Waals surface area contributed by atoms with Gasteiger partial charge in [-0.15, -0.1) is 0 Å². The number of hydrogen-bond donors (Lipinski definition) is 0. The van der Waals surface area contributed by atoms with Gasteiger partial charge in [-0.2, -0.15) is 5.26 Å². The van der Waals surface area contributed by atoms with Gasteiger partial charge in [-0.1, -0.05) is 12.1 Å². The number of ether oxygens (including phenoxy) is 1. The van der Waals surface area contributed by atoms with Gasteiger partial charge in [-0.25, -0.2) is 4.98 Å². The molecule has 1 aromatic carbocycles. The van der Waals surface area contributed by atoms with Crippen LogP contribution in [0.15, 0.2) is 30.6 Å². The van der Waals surface area contributed by atoms with Gasteiger partial charge in [-0.3, -0.25) is 0 Å². The van der Waals surface area contributed by atoms with Crippen LogP contribution < -0.4 is 4.74 Å². The Morgan fingerprint density at radius 3 is 2.81 bits per heavy atom. The van der Waals surface area contributed by atoms with Crippen molar-refractivity contribution in [3.63, 3.8) is 0 Å². The minimum Gasteiger partial charge on any atom is -0.496 e. The van der Waals surface area contributed by atoms with Gasteiger partial charge in [0.1, 0.15) is 11.8 Å². The zero-order valence-electron chi connectivity index (χ0n) is 9.14. The van der Waals surface area contributed by atoms with E-state index in [4.69, 9.17) is 10.00 Å². The van der Waals surface area contributed by atoms with E-state index in [0.29, 0.717) is 5.69 Å². The van der Waals surface area contributed by atoms with Gasteiger partial charge in [0.25, 0.3) is 0 Å². The van der Waals surface area contributed by atoms with E-state index in [-0.39, 0.29) is 0 Å². The van der Waals surface area contributed by atoms with Crippen LogP contribution in [0.3, 0.4) is 0 Å². The van der Waals surface area contributed by atoms with Gasteiger partial charge < -0.3 is 9.30 Å². The molecule has 0 unspecified atom stereocenters. The summed E-state index contributed by atoms with van der Waals surface area (Å²) >= 11 is 0. The molecule has 0 amide bonds. The summed E-state index contributed by atoms with van der Waals surface area (Å²) in [7, 11) is 3.47. The highest BCUT2D eigenvalue weighted by Gasteiger charge is 2.14.